The molecule has 0 aliphatic rings. The molecule has 4 nitrogen and oxygen atoms in total. The Balaban J connectivity index is 3.50. The first kappa shape index (κ1) is 64.6. The zero-order valence-electron chi connectivity index (χ0n) is 44.7. The van der Waals surface area contributed by atoms with Gasteiger partial charge in [-0.3, -0.25) is 4.79 Å². The number of aliphatic hydroxyl groups is 2. The number of rotatable bonds is 53. The van der Waals surface area contributed by atoms with Gasteiger partial charge in [-0.2, -0.15) is 0 Å². The molecule has 0 aromatic rings. The molecule has 0 radical (unpaired) electrons. The van der Waals surface area contributed by atoms with Crippen molar-refractivity contribution in [3.05, 3.63) is 85.1 Å². The van der Waals surface area contributed by atoms with Crippen molar-refractivity contribution in [2.45, 2.75) is 302 Å². The first-order chi connectivity index (χ1) is 33.2. The minimum absolute atomic E-state index is 0.0325. The molecular formula is C63H113NO3. The summed E-state index contributed by atoms with van der Waals surface area (Å²) < 4.78 is 0. The van der Waals surface area contributed by atoms with Gasteiger partial charge in [0.15, 0.2) is 0 Å². The highest BCUT2D eigenvalue weighted by Gasteiger charge is 2.20. The van der Waals surface area contributed by atoms with Gasteiger partial charge in [0.25, 0.3) is 0 Å². The van der Waals surface area contributed by atoms with Crippen molar-refractivity contribution >= 4 is 5.91 Å². The second-order valence-corrected chi connectivity index (χ2v) is 19.7. The van der Waals surface area contributed by atoms with Crippen molar-refractivity contribution in [1.82, 2.24) is 5.32 Å². The second kappa shape index (κ2) is 57.9. The standard InChI is InChI=1S/C63H113NO3/c1-3-5-7-9-11-13-15-17-19-21-23-25-26-27-28-29-30-31-32-33-34-35-36-37-38-39-41-43-45-47-49-51-53-55-57-59-63(67)64-61(60-65)62(66)58-56-54-52-50-48-46-44-42-40-24-22-20-18-16-14-12-10-8-6-4-2/h5,7,11,13,17,19,23,25,27-28,30-31,33-34,61-62,65-66H,3-4,6,8-10,12,14-16,18,20-22,24,26,29,32,35-60H2,1-2H3,(H,64,67)/b7-5-,13-11-,19-17-,25-23-,28-27-,31-30-,34-33-. The molecule has 67 heavy (non-hydrogen) atoms. The summed E-state index contributed by atoms with van der Waals surface area (Å²) in [6.07, 6.45) is 84.3. The van der Waals surface area contributed by atoms with Crippen molar-refractivity contribution in [2.75, 3.05) is 6.61 Å². The van der Waals surface area contributed by atoms with Crippen molar-refractivity contribution in [1.29, 1.82) is 0 Å². The van der Waals surface area contributed by atoms with E-state index in [-0.39, 0.29) is 12.5 Å². The summed E-state index contributed by atoms with van der Waals surface area (Å²) in [4.78, 5) is 12.5. The molecule has 0 aromatic heterocycles. The first-order valence-electron chi connectivity index (χ1n) is 29.3. The average Bonchev–Trinajstić information content (AvgIpc) is 3.33. The molecule has 0 aliphatic heterocycles. The molecule has 1 amide bonds. The lowest BCUT2D eigenvalue weighted by molar-refractivity contribution is -0.123. The second-order valence-electron chi connectivity index (χ2n) is 19.7. The summed E-state index contributed by atoms with van der Waals surface area (Å²) in [5.41, 5.74) is 0. The van der Waals surface area contributed by atoms with Crippen LogP contribution >= 0.6 is 0 Å². The molecule has 0 aliphatic carbocycles. The van der Waals surface area contributed by atoms with Crippen molar-refractivity contribution < 1.29 is 15.0 Å². The zero-order valence-corrected chi connectivity index (χ0v) is 44.7. The largest absolute Gasteiger partial charge is 0.394 e. The SMILES string of the molecule is CC/C=C\C/C=C\C/C=C\C/C=C\C/C=C\C/C=C\C/C=C\CCCCCCCCCCCCCCCC(=O)NC(CO)C(O)CCCCCCCCCCCCCCCCCCCCCC. The van der Waals surface area contributed by atoms with Crippen LogP contribution in [0.5, 0.6) is 0 Å². The lowest BCUT2D eigenvalue weighted by Gasteiger charge is -2.22. The van der Waals surface area contributed by atoms with Crippen LogP contribution in [0.3, 0.4) is 0 Å². The average molecular weight is 933 g/mol. The van der Waals surface area contributed by atoms with E-state index >= 15 is 0 Å². The summed E-state index contributed by atoms with van der Waals surface area (Å²) in [6.45, 7) is 4.26. The molecule has 0 fully saturated rings. The molecule has 0 saturated heterocycles. The Morgan fingerprint density at radius 2 is 0.657 bits per heavy atom. The van der Waals surface area contributed by atoms with Gasteiger partial charge < -0.3 is 15.5 Å². The molecule has 0 bridgehead atoms. The summed E-state index contributed by atoms with van der Waals surface area (Å²) in [6, 6.07) is -0.542. The molecule has 2 atom stereocenters. The number of aliphatic hydroxyl groups excluding tert-OH is 2. The fourth-order valence-corrected chi connectivity index (χ4v) is 8.76. The van der Waals surface area contributed by atoms with E-state index in [2.05, 4.69) is 104 Å². The molecule has 0 spiro atoms. The molecule has 0 saturated carbocycles. The van der Waals surface area contributed by atoms with E-state index in [1.54, 1.807) is 0 Å². The minimum atomic E-state index is -0.664. The number of carbonyl (C=O) groups is 1. The lowest BCUT2D eigenvalue weighted by Crippen LogP contribution is -2.45. The molecule has 4 heteroatoms. The van der Waals surface area contributed by atoms with E-state index in [9.17, 15) is 15.0 Å². The number of allylic oxidation sites excluding steroid dienone is 14. The van der Waals surface area contributed by atoms with Gasteiger partial charge in [-0.25, -0.2) is 0 Å². The molecule has 0 rings (SSSR count). The van der Waals surface area contributed by atoms with Crippen LogP contribution in [0, 0.1) is 0 Å². The lowest BCUT2D eigenvalue weighted by atomic mass is 10.0. The fourth-order valence-electron chi connectivity index (χ4n) is 8.76. The molecule has 3 N–H and O–H groups in total. The van der Waals surface area contributed by atoms with E-state index < -0.39 is 12.1 Å². The third kappa shape index (κ3) is 54.4. The van der Waals surface area contributed by atoms with Crippen LogP contribution in [0.2, 0.25) is 0 Å². The van der Waals surface area contributed by atoms with Crippen LogP contribution in [0.25, 0.3) is 0 Å². The van der Waals surface area contributed by atoms with Crippen molar-refractivity contribution in [3.8, 4) is 0 Å². The van der Waals surface area contributed by atoms with Crippen molar-refractivity contribution in [3.63, 3.8) is 0 Å². The highest BCUT2D eigenvalue weighted by molar-refractivity contribution is 5.76. The smallest absolute Gasteiger partial charge is 0.220 e. The maximum absolute atomic E-state index is 12.5. The Labute approximate surface area is 418 Å². The summed E-state index contributed by atoms with van der Waals surface area (Å²) in [5.74, 6) is -0.0325. The van der Waals surface area contributed by atoms with E-state index in [4.69, 9.17) is 0 Å². The van der Waals surface area contributed by atoms with E-state index in [1.165, 1.54) is 193 Å². The van der Waals surface area contributed by atoms with Crippen LogP contribution in [0.1, 0.15) is 290 Å². The van der Waals surface area contributed by atoms with Gasteiger partial charge in [0.2, 0.25) is 5.91 Å². The Morgan fingerprint density at radius 1 is 0.373 bits per heavy atom. The van der Waals surface area contributed by atoms with Gasteiger partial charge in [-0.05, 0) is 70.6 Å². The number of unbranched alkanes of at least 4 members (excludes halogenated alkanes) is 32. The third-order valence-electron chi connectivity index (χ3n) is 13.2. The van der Waals surface area contributed by atoms with E-state index in [0.717, 1.165) is 70.6 Å². The maximum Gasteiger partial charge on any atom is 0.220 e. The number of nitrogens with one attached hydrogen (secondary N) is 1. The summed E-state index contributed by atoms with van der Waals surface area (Å²) in [7, 11) is 0. The van der Waals surface area contributed by atoms with Gasteiger partial charge in [-0.1, -0.05) is 298 Å². The van der Waals surface area contributed by atoms with Crippen LogP contribution in [-0.4, -0.2) is 34.9 Å². The van der Waals surface area contributed by atoms with Gasteiger partial charge in [0.05, 0.1) is 18.8 Å². The normalized spacial score (nSPS) is 13.4. The molecule has 388 valence electrons. The highest BCUT2D eigenvalue weighted by atomic mass is 16.3. The highest BCUT2D eigenvalue weighted by Crippen LogP contribution is 2.17. The first-order valence-corrected chi connectivity index (χ1v) is 29.3. The summed E-state index contributed by atoms with van der Waals surface area (Å²) in [5, 5.41) is 23.4. The van der Waals surface area contributed by atoms with Crippen molar-refractivity contribution in [2.24, 2.45) is 0 Å². The van der Waals surface area contributed by atoms with E-state index in [1.807, 2.05) is 0 Å². The van der Waals surface area contributed by atoms with Crippen LogP contribution in [0.4, 0.5) is 0 Å². The fraction of sp³-hybridized carbons (Fsp3) is 0.762. The predicted octanol–water partition coefficient (Wildman–Crippen LogP) is 19.5. The quantitative estimate of drug-likeness (QED) is 0.0420. The topological polar surface area (TPSA) is 69.6 Å². The van der Waals surface area contributed by atoms with Gasteiger partial charge >= 0.3 is 0 Å². The predicted molar refractivity (Wildman–Crippen MR) is 299 cm³/mol. The van der Waals surface area contributed by atoms with Gasteiger partial charge in [0.1, 0.15) is 0 Å². The number of amides is 1. The molecular weight excluding hydrogens is 819 g/mol. The number of carbonyl (C=O) groups excluding carboxylic acids is 1. The molecule has 2 unspecified atom stereocenters. The third-order valence-corrected chi connectivity index (χ3v) is 13.2. The zero-order chi connectivity index (χ0) is 48.5. The van der Waals surface area contributed by atoms with Crippen LogP contribution in [-0.2, 0) is 4.79 Å². The van der Waals surface area contributed by atoms with Crippen LogP contribution < -0.4 is 5.32 Å². The number of hydrogen-bond acceptors (Lipinski definition) is 3. The van der Waals surface area contributed by atoms with Crippen LogP contribution in [0.15, 0.2) is 85.1 Å². The molecule has 0 aromatic carbocycles. The van der Waals surface area contributed by atoms with E-state index in [0.29, 0.717) is 12.8 Å². The minimum Gasteiger partial charge on any atom is -0.394 e. The number of hydrogen-bond donors (Lipinski definition) is 3. The Morgan fingerprint density at radius 3 is 0.985 bits per heavy atom. The Hall–Kier alpha value is -2.43. The maximum atomic E-state index is 12.5. The Kier molecular flexibility index (Phi) is 55.8. The molecule has 0 heterocycles. The van der Waals surface area contributed by atoms with Gasteiger partial charge in [0, 0.05) is 6.42 Å². The van der Waals surface area contributed by atoms with Gasteiger partial charge in [-0.15, -0.1) is 0 Å². The Bertz CT molecular complexity index is 1190. The monoisotopic (exact) mass is 932 g/mol. The summed E-state index contributed by atoms with van der Waals surface area (Å²) >= 11 is 0.